The summed E-state index contributed by atoms with van der Waals surface area (Å²) in [5, 5.41) is 10.2. The van der Waals surface area contributed by atoms with E-state index in [0.29, 0.717) is 6.10 Å². The molecule has 3 rings (SSSR count). The summed E-state index contributed by atoms with van der Waals surface area (Å²) in [6, 6.07) is 0. The second kappa shape index (κ2) is 2.05. The molecule has 3 fully saturated rings. The highest BCUT2D eigenvalue weighted by molar-refractivity contribution is 5.19. The Bertz CT molecular complexity index is 210. The quantitative estimate of drug-likeness (QED) is 0.603. The minimum atomic E-state index is -0.419. The smallest absolute Gasteiger partial charge is 0.123 e. The lowest BCUT2D eigenvalue weighted by Gasteiger charge is -2.43. The minimum absolute atomic E-state index is 0.0660. The van der Waals surface area contributed by atoms with E-state index in [1.807, 2.05) is 0 Å². The van der Waals surface area contributed by atoms with Gasteiger partial charge in [0.2, 0.25) is 0 Å². The molecule has 2 nitrogen and oxygen atoms in total. The van der Waals surface area contributed by atoms with Crippen LogP contribution >= 0.6 is 0 Å². The lowest BCUT2D eigenvalue weighted by Crippen LogP contribution is -2.53. The van der Waals surface area contributed by atoms with Gasteiger partial charge in [0, 0.05) is 0 Å². The molecule has 68 valence electrons. The number of epoxide rings is 1. The van der Waals surface area contributed by atoms with Gasteiger partial charge in [-0.15, -0.1) is 0 Å². The number of ether oxygens (including phenoxy) is 1. The van der Waals surface area contributed by atoms with Gasteiger partial charge in [0.15, 0.2) is 0 Å². The number of rotatable bonds is 1. The Balaban J connectivity index is 1.83. The van der Waals surface area contributed by atoms with Crippen LogP contribution in [-0.2, 0) is 4.74 Å². The summed E-state index contributed by atoms with van der Waals surface area (Å²) in [5.41, 5.74) is -0.485. The molecule has 12 heavy (non-hydrogen) atoms. The minimum Gasteiger partial charge on any atom is -0.387 e. The number of hydrogen-bond acceptors (Lipinski definition) is 2. The van der Waals surface area contributed by atoms with Crippen molar-refractivity contribution in [3.05, 3.63) is 0 Å². The predicted octanol–water partition coefficient (Wildman–Crippen LogP) is 1.61. The van der Waals surface area contributed by atoms with E-state index in [1.165, 1.54) is 25.7 Å². The molecule has 2 saturated carbocycles. The molecular weight excluding hydrogens is 152 g/mol. The molecule has 0 aromatic rings. The SMILES string of the molecule is OC1(C23CCCCC2O3)CCC1. The maximum atomic E-state index is 10.2. The molecule has 1 heterocycles. The first kappa shape index (κ1) is 7.34. The second-order valence-electron chi connectivity index (χ2n) is 4.63. The van der Waals surface area contributed by atoms with Crippen LogP contribution in [0.15, 0.2) is 0 Å². The van der Waals surface area contributed by atoms with Crippen LogP contribution in [0.2, 0.25) is 0 Å². The van der Waals surface area contributed by atoms with E-state index in [-0.39, 0.29) is 5.60 Å². The van der Waals surface area contributed by atoms with Gasteiger partial charge in [-0.05, 0) is 32.1 Å². The van der Waals surface area contributed by atoms with Gasteiger partial charge in [-0.25, -0.2) is 0 Å². The van der Waals surface area contributed by atoms with E-state index in [1.54, 1.807) is 0 Å². The predicted molar refractivity (Wildman–Crippen MR) is 44.9 cm³/mol. The summed E-state index contributed by atoms with van der Waals surface area (Å²) in [6.45, 7) is 0. The molecule has 0 bridgehead atoms. The lowest BCUT2D eigenvalue weighted by atomic mass is 9.66. The van der Waals surface area contributed by atoms with Crippen molar-refractivity contribution in [1.29, 1.82) is 0 Å². The first-order valence-electron chi connectivity index (χ1n) is 5.17. The molecule has 0 aromatic carbocycles. The van der Waals surface area contributed by atoms with E-state index in [4.69, 9.17) is 4.74 Å². The highest BCUT2D eigenvalue weighted by Crippen LogP contribution is 2.59. The molecule has 1 N–H and O–H groups in total. The summed E-state index contributed by atoms with van der Waals surface area (Å²) in [7, 11) is 0. The Morgan fingerprint density at radius 1 is 1.08 bits per heavy atom. The Morgan fingerprint density at radius 2 is 1.92 bits per heavy atom. The Kier molecular flexibility index (Phi) is 1.25. The van der Waals surface area contributed by atoms with Crippen LogP contribution < -0.4 is 0 Å². The van der Waals surface area contributed by atoms with Crippen LogP contribution in [-0.4, -0.2) is 22.4 Å². The molecule has 3 aliphatic rings. The van der Waals surface area contributed by atoms with Gasteiger partial charge in [0.1, 0.15) is 5.60 Å². The fourth-order valence-corrected chi connectivity index (χ4v) is 3.03. The summed E-state index contributed by atoms with van der Waals surface area (Å²) >= 11 is 0. The highest BCUT2D eigenvalue weighted by Gasteiger charge is 2.70. The van der Waals surface area contributed by atoms with Gasteiger partial charge < -0.3 is 9.84 Å². The molecule has 1 aliphatic heterocycles. The van der Waals surface area contributed by atoms with Crippen molar-refractivity contribution >= 4 is 0 Å². The van der Waals surface area contributed by atoms with E-state index in [0.717, 1.165) is 19.3 Å². The van der Waals surface area contributed by atoms with Gasteiger partial charge >= 0.3 is 0 Å². The molecule has 0 spiro atoms. The van der Waals surface area contributed by atoms with Crippen LogP contribution in [0.1, 0.15) is 44.9 Å². The lowest BCUT2D eigenvalue weighted by molar-refractivity contribution is -0.102. The van der Waals surface area contributed by atoms with Crippen molar-refractivity contribution in [2.75, 3.05) is 0 Å². The molecule has 2 atom stereocenters. The number of fused-ring (bicyclic) bond motifs is 1. The molecule has 0 amide bonds. The van der Waals surface area contributed by atoms with Gasteiger partial charge in [-0.1, -0.05) is 12.8 Å². The fourth-order valence-electron chi connectivity index (χ4n) is 3.03. The second-order valence-corrected chi connectivity index (χ2v) is 4.63. The van der Waals surface area contributed by atoms with Gasteiger partial charge in [0.25, 0.3) is 0 Å². The van der Waals surface area contributed by atoms with Crippen molar-refractivity contribution < 1.29 is 9.84 Å². The Morgan fingerprint density at radius 3 is 2.50 bits per heavy atom. The average molecular weight is 168 g/mol. The summed E-state index contributed by atoms with van der Waals surface area (Å²) in [4.78, 5) is 0. The van der Waals surface area contributed by atoms with Crippen LogP contribution in [0.3, 0.4) is 0 Å². The van der Waals surface area contributed by atoms with Crippen molar-refractivity contribution in [2.45, 2.75) is 62.3 Å². The first-order valence-corrected chi connectivity index (χ1v) is 5.17. The van der Waals surface area contributed by atoms with E-state index in [2.05, 4.69) is 0 Å². The average Bonchev–Trinajstić information content (AvgIpc) is 2.75. The van der Waals surface area contributed by atoms with Crippen molar-refractivity contribution in [2.24, 2.45) is 0 Å². The molecule has 2 aliphatic carbocycles. The maximum absolute atomic E-state index is 10.2. The molecule has 2 unspecified atom stereocenters. The summed E-state index contributed by atoms with van der Waals surface area (Å²) < 4.78 is 5.72. The van der Waals surface area contributed by atoms with Crippen LogP contribution in [0.5, 0.6) is 0 Å². The Hall–Kier alpha value is -0.0800. The topological polar surface area (TPSA) is 32.8 Å². The zero-order valence-corrected chi connectivity index (χ0v) is 7.38. The summed E-state index contributed by atoms with van der Waals surface area (Å²) in [5.74, 6) is 0. The van der Waals surface area contributed by atoms with Gasteiger partial charge in [-0.2, -0.15) is 0 Å². The molecule has 0 aromatic heterocycles. The highest BCUT2D eigenvalue weighted by atomic mass is 16.6. The fraction of sp³-hybridized carbons (Fsp3) is 1.00. The van der Waals surface area contributed by atoms with E-state index >= 15 is 0 Å². The zero-order chi connectivity index (χ0) is 8.23. The largest absolute Gasteiger partial charge is 0.387 e. The first-order chi connectivity index (χ1) is 5.77. The zero-order valence-electron chi connectivity index (χ0n) is 7.38. The maximum Gasteiger partial charge on any atom is 0.123 e. The Labute approximate surface area is 72.9 Å². The normalized spacial score (nSPS) is 49.2. The molecule has 2 heteroatoms. The summed E-state index contributed by atoms with van der Waals surface area (Å²) in [6.07, 6.45) is 8.38. The number of hydrogen-bond donors (Lipinski definition) is 1. The third-order valence-electron chi connectivity index (χ3n) is 4.05. The monoisotopic (exact) mass is 168 g/mol. The third-order valence-corrected chi connectivity index (χ3v) is 4.05. The standard InChI is InChI=1S/C10H16O2/c11-9(5-3-6-9)10-7-2-1-4-8(10)12-10/h8,11H,1-7H2. The van der Waals surface area contributed by atoms with Crippen LogP contribution in [0.4, 0.5) is 0 Å². The van der Waals surface area contributed by atoms with Gasteiger partial charge in [0.05, 0.1) is 11.7 Å². The van der Waals surface area contributed by atoms with Gasteiger partial charge in [-0.3, -0.25) is 0 Å². The van der Waals surface area contributed by atoms with E-state index in [9.17, 15) is 5.11 Å². The third kappa shape index (κ3) is 0.686. The van der Waals surface area contributed by atoms with Crippen molar-refractivity contribution in [1.82, 2.24) is 0 Å². The van der Waals surface area contributed by atoms with Crippen LogP contribution in [0, 0.1) is 0 Å². The van der Waals surface area contributed by atoms with E-state index < -0.39 is 5.60 Å². The molecule has 1 saturated heterocycles. The molecule has 0 radical (unpaired) electrons. The molecular formula is C10H16O2. The van der Waals surface area contributed by atoms with Crippen LogP contribution in [0.25, 0.3) is 0 Å². The van der Waals surface area contributed by atoms with Crippen molar-refractivity contribution in [3.8, 4) is 0 Å². The number of aliphatic hydroxyl groups is 1. The van der Waals surface area contributed by atoms with Crippen molar-refractivity contribution in [3.63, 3.8) is 0 Å².